The minimum Gasteiger partial charge on any atom is -0.344 e. The Kier molecular flexibility index (Phi) is 3.54. The van der Waals surface area contributed by atoms with Crippen LogP contribution in [0.3, 0.4) is 0 Å². The molecule has 1 fully saturated rings. The monoisotopic (exact) mass is 328 g/mol. The van der Waals surface area contributed by atoms with Crippen LogP contribution in [0.4, 0.5) is 19.0 Å². The lowest BCUT2D eigenvalue weighted by Gasteiger charge is -2.25. The predicted molar refractivity (Wildman–Crippen MR) is 63.4 cm³/mol. The van der Waals surface area contributed by atoms with Crippen molar-refractivity contribution in [2.75, 3.05) is 11.4 Å². The molecule has 0 spiro atoms. The fourth-order valence-corrected chi connectivity index (χ4v) is 2.44. The lowest BCUT2D eigenvalue weighted by atomic mass is 10.4. The molecule has 0 N–H and O–H groups in total. The van der Waals surface area contributed by atoms with Crippen molar-refractivity contribution in [3.8, 4) is 0 Å². The summed E-state index contributed by atoms with van der Waals surface area (Å²) in [5.74, 6) is 0.300. The van der Waals surface area contributed by atoms with Crippen molar-refractivity contribution in [2.24, 2.45) is 0 Å². The predicted octanol–water partition coefficient (Wildman–Crippen LogP) is 4.03. The zero-order valence-electron chi connectivity index (χ0n) is 8.64. The van der Waals surface area contributed by atoms with E-state index in [0.717, 1.165) is 12.8 Å². The first-order valence-electron chi connectivity index (χ1n) is 5.01. The lowest BCUT2D eigenvalue weighted by Crippen LogP contribution is -2.36. The van der Waals surface area contributed by atoms with Gasteiger partial charge < -0.3 is 4.90 Å². The van der Waals surface area contributed by atoms with E-state index >= 15 is 0 Å². The van der Waals surface area contributed by atoms with Gasteiger partial charge in [-0.15, -0.1) is 0 Å². The van der Waals surface area contributed by atoms with Crippen molar-refractivity contribution < 1.29 is 13.2 Å². The largest absolute Gasteiger partial charge is 0.405 e. The van der Waals surface area contributed by atoms with Gasteiger partial charge in [-0.25, -0.2) is 4.98 Å². The van der Waals surface area contributed by atoms with Crippen LogP contribution in [-0.4, -0.2) is 23.7 Å². The molecule has 1 saturated carbocycles. The summed E-state index contributed by atoms with van der Waals surface area (Å²) in [5, 5.41) is 0.392. The number of anilines is 1. The number of pyridine rings is 1. The maximum atomic E-state index is 12.5. The van der Waals surface area contributed by atoms with Crippen molar-refractivity contribution in [3.63, 3.8) is 0 Å². The topological polar surface area (TPSA) is 16.1 Å². The van der Waals surface area contributed by atoms with Gasteiger partial charge in [0.15, 0.2) is 0 Å². The minimum absolute atomic E-state index is 0.0680. The van der Waals surface area contributed by atoms with E-state index in [-0.39, 0.29) is 6.04 Å². The zero-order valence-corrected chi connectivity index (χ0v) is 11.0. The van der Waals surface area contributed by atoms with Gasteiger partial charge in [0.05, 0.1) is 9.50 Å². The summed E-state index contributed by atoms with van der Waals surface area (Å²) in [6.07, 6.45) is -1.34. The molecule has 7 heteroatoms. The highest BCUT2D eigenvalue weighted by Crippen LogP contribution is 2.37. The second-order valence-electron chi connectivity index (χ2n) is 3.93. The van der Waals surface area contributed by atoms with Crippen molar-refractivity contribution in [3.05, 3.63) is 21.8 Å². The molecule has 0 aromatic carbocycles. The van der Waals surface area contributed by atoms with Gasteiger partial charge in [0.1, 0.15) is 12.4 Å². The van der Waals surface area contributed by atoms with E-state index in [9.17, 15) is 13.2 Å². The summed E-state index contributed by atoms with van der Waals surface area (Å²) in [4.78, 5) is 5.25. The molecule has 1 aromatic heterocycles. The molecule has 2 rings (SSSR count). The molecular weight excluding hydrogens is 320 g/mol. The van der Waals surface area contributed by atoms with E-state index in [2.05, 4.69) is 20.9 Å². The summed E-state index contributed by atoms with van der Waals surface area (Å²) in [6.45, 7) is -0.981. The van der Waals surface area contributed by atoms with Crippen LogP contribution in [0.15, 0.2) is 16.7 Å². The normalized spacial score (nSPS) is 16.1. The zero-order chi connectivity index (χ0) is 12.6. The maximum Gasteiger partial charge on any atom is 0.405 e. The van der Waals surface area contributed by atoms with Crippen molar-refractivity contribution in [1.82, 2.24) is 4.98 Å². The van der Waals surface area contributed by atoms with Crippen molar-refractivity contribution in [2.45, 2.75) is 25.1 Å². The van der Waals surface area contributed by atoms with E-state index in [1.54, 1.807) is 6.07 Å². The van der Waals surface area contributed by atoms with Crippen LogP contribution in [-0.2, 0) is 0 Å². The van der Waals surface area contributed by atoms with Crippen LogP contribution in [0.2, 0.25) is 5.02 Å². The second kappa shape index (κ2) is 4.65. The molecule has 1 heterocycles. The maximum absolute atomic E-state index is 12.5. The molecule has 94 valence electrons. The van der Waals surface area contributed by atoms with Gasteiger partial charge in [-0.1, -0.05) is 11.6 Å². The second-order valence-corrected chi connectivity index (χ2v) is 5.22. The molecule has 1 aromatic rings. The van der Waals surface area contributed by atoms with Crippen molar-refractivity contribution >= 4 is 33.3 Å². The Bertz CT molecular complexity index is 421. The number of aromatic nitrogens is 1. The summed E-state index contributed by atoms with van der Waals surface area (Å²) < 4.78 is 37.9. The van der Waals surface area contributed by atoms with Crippen LogP contribution < -0.4 is 4.90 Å². The average molecular weight is 330 g/mol. The van der Waals surface area contributed by atoms with Crippen molar-refractivity contribution in [1.29, 1.82) is 0 Å². The van der Waals surface area contributed by atoms with Gasteiger partial charge in [0, 0.05) is 12.2 Å². The number of alkyl halides is 3. The van der Waals surface area contributed by atoms with E-state index < -0.39 is 12.7 Å². The molecule has 0 amide bonds. The summed E-state index contributed by atoms with van der Waals surface area (Å²) in [6, 6.07) is 1.48. The fraction of sp³-hybridized carbons (Fsp3) is 0.500. The molecule has 0 unspecified atom stereocenters. The summed E-state index contributed by atoms with van der Waals surface area (Å²) >= 11 is 8.91. The number of nitrogens with zero attached hydrogens (tertiary/aromatic N) is 2. The Morgan fingerprint density at radius 3 is 2.59 bits per heavy atom. The third-order valence-electron chi connectivity index (χ3n) is 2.40. The first-order chi connectivity index (χ1) is 7.87. The summed E-state index contributed by atoms with van der Waals surface area (Å²) in [7, 11) is 0. The van der Waals surface area contributed by atoms with E-state index in [4.69, 9.17) is 11.6 Å². The molecule has 2 nitrogen and oxygen atoms in total. The summed E-state index contributed by atoms with van der Waals surface area (Å²) in [5.41, 5.74) is 0. The Morgan fingerprint density at radius 2 is 2.12 bits per heavy atom. The third-order valence-corrected chi connectivity index (χ3v) is 3.19. The highest BCUT2D eigenvalue weighted by Gasteiger charge is 2.39. The van der Waals surface area contributed by atoms with Crippen LogP contribution in [0.5, 0.6) is 0 Å². The first kappa shape index (κ1) is 13.0. The minimum atomic E-state index is -4.23. The lowest BCUT2D eigenvalue weighted by molar-refractivity contribution is -0.120. The molecule has 0 atom stereocenters. The molecule has 0 aliphatic heterocycles. The first-order valence-corrected chi connectivity index (χ1v) is 6.18. The van der Waals surface area contributed by atoms with Crippen LogP contribution in [0.25, 0.3) is 0 Å². The average Bonchev–Trinajstić information content (AvgIpc) is 2.96. The molecule has 0 radical (unpaired) electrons. The quantitative estimate of drug-likeness (QED) is 0.832. The van der Waals surface area contributed by atoms with Gasteiger partial charge in [0.25, 0.3) is 0 Å². The highest BCUT2D eigenvalue weighted by atomic mass is 79.9. The Morgan fingerprint density at radius 1 is 1.47 bits per heavy atom. The number of halogens is 5. The molecule has 1 aliphatic carbocycles. The Labute approximate surface area is 110 Å². The highest BCUT2D eigenvalue weighted by molar-refractivity contribution is 9.10. The van der Waals surface area contributed by atoms with Gasteiger partial charge >= 0.3 is 6.18 Å². The molecule has 17 heavy (non-hydrogen) atoms. The molecular formula is C10H9BrClF3N2. The van der Waals surface area contributed by atoms with Gasteiger partial charge in [0.2, 0.25) is 0 Å². The number of hydrogen-bond donors (Lipinski definition) is 0. The Balaban J connectivity index is 2.26. The smallest absolute Gasteiger partial charge is 0.344 e. The van der Waals surface area contributed by atoms with Crippen LogP contribution in [0, 0.1) is 0 Å². The van der Waals surface area contributed by atoms with E-state index in [1.807, 2.05) is 0 Å². The van der Waals surface area contributed by atoms with Gasteiger partial charge in [-0.05, 0) is 34.8 Å². The molecule has 1 aliphatic rings. The number of rotatable bonds is 3. The SMILES string of the molecule is FC(F)(F)CN(c1ncc(Cl)cc1Br)C1CC1. The van der Waals surface area contributed by atoms with Crippen LogP contribution in [0.1, 0.15) is 12.8 Å². The Hall–Kier alpha value is -0.490. The molecule has 0 bridgehead atoms. The standard InChI is InChI=1S/C10H9BrClF3N2/c11-8-3-6(12)4-16-9(8)17(7-1-2-7)5-10(13,14)15/h3-4,7H,1-2,5H2. The van der Waals surface area contributed by atoms with Gasteiger partial charge in [-0.3, -0.25) is 0 Å². The van der Waals surface area contributed by atoms with Gasteiger partial charge in [-0.2, -0.15) is 13.2 Å². The fourth-order valence-electron chi connectivity index (χ4n) is 1.57. The van der Waals surface area contributed by atoms with E-state index in [1.165, 1.54) is 11.1 Å². The molecule has 0 saturated heterocycles. The third kappa shape index (κ3) is 3.48. The van der Waals surface area contributed by atoms with E-state index in [0.29, 0.717) is 15.3 Å². The number of hydrogen-bond acceptors (Lipinski definition) is 2. The van der Waals surface area contributed by atoms with Crippen LogP contribution >= 0.6 is 27.5 Å².